The van der Waals surface area contributed by atoms with Crippen molar-refractivity contribution in [3.05, 3.63) is 34.9 Å². The molecule has 0 spiro atoms. The lowest BCUT2D eigenvalue weighted by atomic mass is 9.87. The number of carbonyl (C=O) groups is 1. The van der Waals surface area contributed by atoms with E-state index in [2.05, 4.69) is 24.7 Å². The van der Waals surface area contributed by atoms with E-state index in [1.807, 2.05) is 32.0 Å². The lowest BCUT2D eigenvalue weighted by Crippen LogP contribution is -2.32. The Balaban J connectivity index is 0.000000640. The van der Waals surface area contributed by atoms with Crippen molar-refractivity contribution in [3.8, 4) is 0 Å². The van der Waals surface area contributed by atoms with Gasteiger partial charge in [-0.25, -0.2) is 0 Å². The van der Waals surface area contributed by atoms with Crippen LogP contribution in [0.2, 0.25) is 5.02 Å². The van der Waals surface area contributed by atoms with Crippen LogP contribution in [0.15, 0.2) is 24.3 Å². The zero-order valence-corrected chi connectivity index (χ0v) is 16.6. The summed E-state index contributed by atoms with van der Waals surface area (Å²) < 4.78 is 4.61. The summed E-state index contributed by atoms with van der Waals surface area (Å²) in [5.74, 6) is 0.430. The maximum Gasteiger partial charge on any atom is 0.302 e. The van der Waals surface area contributed by atoms with E-state index < -0.39 is 0 Å². The first-order chi connectivity index (χ1) is 11.3. The van der Waals surface area contributed by atoms with Gasteiger partial charge in [0, 0.05) is 18.0 Å². The van der Waals surface area contributed by atoms with E-state index in [4.69, 9.17) is 17.3 Å². The molecule has 0 aromatic heterocycles. The van der Waals surface area contributed by atoms with Gasteiger partial charge in [-0.15, -0.1) is 0 Å². The Bertz CT molecular complexity index is 457. The molecule has 1 aromatic rings. The van der Waals surface area contributed by atoms with Gasteiger partial charge in [0.05, 0.1) is 6.10 Å². The van der Waals surface area contributed by atoms with Crippen LogP contribution in [0.4, 0.5) is 0 Å². The van der Waals surface area contributed by atoms with Gasteiger partial charge in [-0.05, 0) is 56.7 Å². The molecule has 1 atom stereocenters. The van der Waals surface area contributed by atoms with Gasteiger partial charge >= 0.3 is 5.97 Å². The molecule has 0 amide bonds. The predicted octanol–water partition coefficient (Wildman–Crippen LogP) is 5.38. The van der Waals surface area contributed by atoms with Gasteiger partial charge in [0.25, 0.3) is 0 Å². The summed E-state index contributed by atoms with van der Waals surface area (Å²) in [4.78, 5) is 10.0. The van der Waals surface area contributed by atoms with Crippen LogP contribution >= 0.6 is 11.6 Å². The maximum absolute atomic E-state index is 10.0. The van der Waals surface area contributed by atoms with E-state index in [-0.39, 0.29) is 18.1 Å². The van der Waals surface area contributed by atoms with E-state index in [9.17, 15) is 4.79 Å². The molecule has 1 rings (SSSR count). The summed E-state index contributed by atoms with van der Waals surface area (Å²) in [6.07, 6.45) is 5.86. The van der Waals surface area contributed by atoms with Gasteiger partial charge in [0.15, 0.2) is 0 Å². The quantitative estimate of drug-likeness (QED) is 0.636. The third-order valence-corrected chi connectivity index (χ3v) is 3.92. The topological polar surface area (TPSA) is 52.3 Å². The van der Waals surface area contributed by atoms with Gasteiger partial charge in [0.2, 0.25) is 0 Å². The minimum atomic E-state index is -0.213. The first kappa shape index (κ1) is 22.9. The summed E-state index contributed by atoms with van der Waals surface area (Å²) in [5.41, 5.74) is 7.58. The molecule has 138 valence electrons. The number of rotatable bonds is 8. The fourth-order valence-electron chi connectivity index (χ4n) is 2.75. The Morgan fingerprint density at radius 1 is 1.21 bits per heavy atom. The van der Waals surface area contributed by atoms with Gasteiger partial charge in [0.1, 0.15) is 0 Å². The van der Waals surface area contributed by atoms with E-state index >= 15 is 0 Å². The largest absolute Gasteiger partial charge is 0.463 e. The van der Waals surface area contributed by atoms with Crippen molar-refractivity contribution in [1.29, 1.82) is 0 Å². The zero-order chi connectivity index (χ0) is 18.5. The number of hydrogen-bond acceptors (Lipinski definition) is 3. The third-order valence-electron chi connectivity index (χ3n) is 3.69. The van der Waals surface area contributed by atoms with Crippen LogP contribution < -0.4 is 5.73 Å². The summed E-state index contributed by atoms with van der Waals surface area (Å²) in [6, 6.07) is 8.30. The van der Waals surface area contributed by atoms with Crippen molar-refractivity contribution >= 4 is 17.6 Å². The van der Waals surface area contributed by atoms with Crippen molar-refractivity contribution in [2.75, 3.05) is 0 Å². The van der Waals surface area contributed by atoms with Gasteiger partial charge in [-0.2, -0.15) is 0 Å². The van der Waals surface area contributed by atoms with E-state index in [0.29, 0.717) is 5.92 Å². The van der Waals surface area contributed by atoms with Crippen LogP contribution in [0.25, 0.3) is 0 Å². The second-order valence-electron chi connectivity index (χ2n) is 6.49. The average molecular weight is 356 g/mol. The molecule has 24 heavy (non-hydrogen) atoms. The lowest BCUT2D eigenvalue weighted by molar-refractivity contribution is -0.144. The van der Waals surface area contributed by atoms with Crippen molar-refractivity contribution in [3.63, 3.8) is 0 Å². The first-order valence-electron chi connectivity index (χ1n) is 8.97. The SMILES string of the molecule is CC(=O)OC(C)C.CCCC(CCC)C(N)Cc1cccc(Cl)c1. The minimum Gasteiger partial charge on any atom is -0.463 e. The third kappa shape index (κ3) is 11.5. The minimum absolute atomic E-state index is 0.0255. The molecule has 4 heteroatoms. The summed E-state index contributed by atoms with van der Waals surface area (Å²) in [7, 11) is 0. The molecule has 0 aliphatic carbocycles. The van der Waals surface area contributed by atoms with Crippen LogP contribution in [0, 0.1) is 5.92 Å². The molecule has 1 unspecified atom stereocenters. The zero-order valence-electron chi connectivity index (χ0n) is 15.8. The smallest absolute Gasteiger partial charge is 0.302 e. The van der Waals surface area contributed by atoms with Crippen molar-refractivity contribution < 1.29 is 9.53 Å². The molecule has 0 fully saturated rings. The van der Waals surface area contributed by atoms with Gasteiger partial charge in [-0.1, -0.05) is 50.4 Å². The fourth-order valence-corrected chi connectivity index (χ4v) is 2.96. The van der Waals surface area contributed by atoms with Gasteiger partial charge in [-0.3, -0.25) is 4.79 Å². The Morgan fingerprint density at radius 2 is 1.79 bits per heavy atom. The van der Waals surface area contributed by atoms with E-state index in [1.54, 1.807) is 0 Å². The second-order valence-corrected chi connectivity index (χ2v) is 6.93. The highest BCUT2D eigenvalue weighted by Crippen LogP contribution is 2.20. The van der Waals surface area contributed by atoms with Crippen LogP contribution in [0.5, 0.6) is 0 Å². The maximum atomic E-state index is 10.0. The molecular formula is C20H34ClNO2. The number of nitrogens with two attached hydrogens (primary N) is 1. The lowest BCUT2D eigenvalue weighted by Gasteiger charge is -2.23. The number of benzene rings is 1. The molecule has 0 radical (unpaired) electrons. The Labute approximate surface area is 152 Å². The van der Waals surface area contributed by atoms with Crippen molar-refractivity contribution in [1.82, 2.24) is 0 Å². The predicted molar refractivity (Wildman–Crippen MR) is 103 cm³/mol. The fraction of sp³-hybridized carbons (Fsp3) is 0.650. The second kappa shape index (κ2) is 13.3. The number of hydrogen-bond donors (Lipinski definition) is 1. The van der Waals surface area contributed by atoms with Crippen LogP contribution in [-0.2, 0) is 16.0 Å². The Morgan fingerprint density at radius 3 is 2.17 bits per heavy atom. The molecule has 0 heterocycles. The normalized spacial score (nSPS) is 11.9. The highest BCUT2D eigenvalue weighted by atomic mass is 35.5. The highest BCUT2D eigenvalue weighted by molar-refractivity contribution is 6.30. The molecule has 0 bridgehead atoms. The number of halogens is 1. The van der Waals surface area contributed by atoms with Crippen LogP contribution in [0.3, 0.4) is 0 Å². The average Bonchev–Trinajstić information content (AvgIpc) is 2.46. The molecule has 3 nitrogen and oxygen atoms in total. The molecule has 1 aromatic carbocycles. The molecule has 2 N–H and O–H groups in total. The highest BCUT2D eigenvalue weighted by Gasteiger charge is 2.16. The number of ether oxygens (including phenoxy) is 1. The molecular weight excluding hydrogens is 322 g/mol. The van der Waals surface area contributed by atoms with E-state index in [0.717, 1.165) is 11.4 Å². The molecule has 0 saturated carbocycles. The molecule has 0 aliphatic heterocycles. The van der Waals surface area contributed by atoms with Crippen molar-refractivity contribution in [2.24, 2.45) is 11.7 Å². The molecule has 0 saturated heterocycles. The van der Waals surface area contributed by atoms with Crippen LogP contribution in [0.1, 0.15) is 65.9 Å². The summed E-state index contributed by atoms with van der Waals surface area (Å²) >= 11 is 5.99. The molecule has 0 aliphatic rings. The van der Waals surface area contributed by atoms with E-state index in [1.165, 1.54) is 38.2 Å². The first-order valence-corrected chi connectivity index (χ1v) is 9.35. The Kier molecular flexibility index (Phi) is 12.7. The number of esters is 1. The number of carbonyl (C=O) groups excluding carboxylic acids is 1. The van der Waals surface area contributed by atoms with Gasteiger partial charge < -0.3 is 10.5 Å². The summed E-state index contributed by atoms with van der Waals surface area (Å²) in [5, 5.41) is 0.803. The standard InChI is InChI=1S/C15H24ClN.C5H10O2/c1-3-6-13(7-4-2)15(17)11-12-8-5-9-14(16)10-12;1-4(2)7-5(3)6/h5,8-10,13,15H,3-4,6-7,11,17H2,1-2H3;4H,1-3H3. The monoisotopic (exact) mass is 355 g/mol. The van der Waals surface area contributed by atoms with Crippen LogP contribution in [-0.4, -0.2) is 18.1 Å². The van der Waals surface area contributed by atoms with Crippen molar-refractivity contribution in [2.45, 2.75) is 78.9 Å². The Hall–Kier alpha value is -1.06. The summed E-state index contributed by atoms with van der Waals surface area (Å²) in [6.45, 7) is 9.51.